The summed E-state index contributed by atoms with van der Waals surface area (Å²) in [5, 5.41) is 13.9. The van der Waals surface area contributed by atoms with Gasteiger partial charge in [0.05, 0.1) is 10.2 Å². The number of thioether (sulfide) groups is 1. The number of amides is 1. The standard InChI is InChI=1S/C20H20N4O3S/c1-13-10-14(2)12-16(11-13)23-9-8-21-20(23)28-15(3)19(25)22-17-6-4-5-7-18(17)24(26)27/h4-12,15H,1-3H3,(H,22,25). The minimum Gasteiger partial charge on any atom is -0.319 e. The predicted molar refractivity (Wildman–Crippen MR) is 110 cm³/mol. The quantitative estimate of drug-likeness (QED) is 0.376. The number of anilines is 1. The van der Waals surface area contributed by atoms with Crippen molar-refractivity contribution < 1.29 is 9.72 Å². The van der Waals surface area contributed by atoms with Gasteiger partial charge in [0, 0.05) is 24.1 Å². The van der Waals surface area contributed by atoms with Gasteiger partial charge in [0.1, 0.15) is 5.69 Å². The number of hydrogen-bond donors (Lipinski definition) is 1. The average molecular weight is 396 g/mol. The number of benzene rings is 2. The number of nitrogens with one attached hydrogen (secondary N) is 1. The van der Waals surface area contributed by atoms with Crippen molar-refractivity contribution in [1.29, 1.82) is 0 Å². The monoisotopic (exact) mass is 396 g/mol. The highest BCUT2D eigenvalue weighted by molar-refractivity contribution is 8.00. The van der Waals surface area contributed by atoms with Crippen LogP contribution in [-0.4, -0.2) is 25.6 Å². The van der Waals surface area contributed by atoms with Crippen molar-refractivity contribution in [2.45, 2.75) is 31.2 Å². The van der Waals surface area contributed by atoms with E-state index < -0.39 is 10.2 Å². The number of para-hydroxylation sites is 2. The molecule has 0 aliphatic carbocycles. The Kier molecular flexibility index (Phi) is 5.79. The van der Waals surface area contributed by atoms with Gasteiger partial charge in [-0.1, -0.05) is 30.0 Å². The van der Waals surface area contributed by atoms with Crippen molar-refractivity contribution in [3.8, 4) is 5.69 Å². The van der Waals surface area contributed by atoms with Gasteiger partial charge in [0.15, 0.2) is 5.16 Å². The molecule has 1 atom stereocenters. The van der Waals surface area contributed by atoms with Gasteiger partial charge in [-0.3, -0.25) is 19.5 Å². The molecular formula is C20H20N4O3S. The molecule has 0 spiro atoms. The molecule has 1 N–H and O–H groups in total. The van der Waals surface area contributed by atoms with E-state index in [-0.39, 0.29) is 17.3 Å². The van der Waals surface area contributed by atoms with Gasteiger partial charge in [0.2, 0.25) is 5.91 Å². The first-order chi connectivity index (χ1) is 13.3. The second kappa shape index (κ2) is 8.26. The number of rotatable bonds is 6. The summed E-state index contributed by atoms with van der Waals surface area (Å²) in [7, 11) is 0. The van der Waals surface area contributed by atoms with Crippen molar-refractivity contribution in [3.05, 3.63) is 76.1 Å². The molecular weight excluding hydrogens is 376 g/mol. The second-order valence-corrected chi connectivity index (χ2v) is 7.76. The summed E-state index contributed by atoms with van der Waals surface area (Å²) in [5.74, 6) is -0.325. The molecule has 1 heterocycles. The fourth-order valence-electron chi connectivity index (χ4n) is 2.85. The molecule has 0 fully saturated rings. The van der Waals surface area contributed by atoms with E-state index in [1.54, 1.807) is 25.3 Å². The smallest absolute Gasteiger partial charge is 0.292 e. The van der Waals surface area contributed by atoms with Crippen LogP contribution in [0, 0.1) is 24.0 Å². The third-order valence-electron chi connectivity index (χ3n) is 4.10. The third-order valence-corrected chi connectivity index (χ3v) is 5.18. The van der Waals surface area contributed by atoms with Crippen LogP contribution < -0.4 is 5.32 Å². The van der Waals surface area contributed by atoms with Crippen molar-refractivity contribution in [2.24, 2.45) is 0 Å². The Bertz CT molecular complexity index is 1010. The van der Waals surface area contributed by atoms with E-state index in [9.17, 15) is 14.9 Å². The molecule has 1 amide bonds. The molecule has 28 heavy (non-hydrogen) atoms. The number of nitrogens with zero attached hydrogens (tertiary/aromatic N) is 3. The molecule has 3 rings (SSSR count). The summed E-state index contributed by atoms with van der Waals surface area (Å²) in [6, 6.07) is 12.3. The van der Waals surface area contributed by atoms with Gasteiger partial charge in [-0.05, 0) is 50.1 Å². The van der Waals surface area contributed by atoms with E-state index in [1.807, 2.05) is 24.6 Å². The fraction of sp³-hybridized carbons (Fsp3) is 0.200. The van der Waals surface area contributed by atoms with Crippen LogP contribution in [0.15, 0.2) is 60.0 Å². The molecule has 0 bridgehead atoms. The fourth-order valence-corrected chi connectivity index (χ4v) is 3.73. The first kappa shape index (κ1) is 19.6. The van der Waals surface area contributed by atoms with E-state index in [0.29, 0.717) is 5.16 Å². The molecule has 0 saturated heterocycles. The Morgan fingerprint density at radius 1 is 1.21 bits per heavy atom. The summed E-state index contributed by atoms with van der Waals surface area (Å²) < 4.78 is 1.93. The molecule has 1 aromatic heterocycles. The van der Waals surface area contributed by atoms with Crippen molar-refractivity contribution in [2.75, 3.05) is 5.32 Å². The topological polar surface area (TPSA) is 90.1 Å². The predicted octanol–water partition coefficient (Wildman–Crippen LogP) is 4.52. The normalized spacial score (nSPS) is 11.8. The lowest BCUT2D eigenvalue weighted by Gasteiger charge is -2.14. The summed E-state index contributed by atoms with van der Waals surface area (Å²) in [6.07, 6.45) is 3.54. The highest BCUT2D eigenvalue weighted by Crippen LogP contribution is 2.28. The Hall–Kier alpha value is -3.13. The number of nitro benzene ring substituents is 1. The average Bonchev–Trinajstić information content (AvgIpc) is 3.09. The van der Waals surface area contributed by atoms with Crippen molar-refractivity contribution in [3.63, 3.8) is 0 Å². The highest BCUT2D eigenvalue weighted by Gasteiger charge is 2.21. The van der Waals surface area contributed by atoms with E-state index in [1.165, 1.54) is 23.9 Å². The van der Waals surface area contributed by atoms with Crippen LogP contribution in [0.4, 0.5) is 11.4 Å². The molecule has 1 unspecified atom stereocenters. The summed E-state index contributed by atoms with van der Waals surface area (Å²) >= 11 is 1.29. The zero-order valence-corrected chi connectivity index (χ0v) is 16.6. The maximum atomic E-state index is 12.6. The van der Waals surface area contributed by atoms with Gasteiger partial charge < -0.3 is 5.32 Å². The molecule has 0 radical (unpaired) electrons. The molecule has 0 saturated carbocycles. The van der Waals surface area contributed by atoms with Crippen LogP contribution >= 0.6 is 11.8 Å². The third kappa shape index (κ3) is 4.40. The van der Waals surface area contributed by atoms with E-state index >= 15 is 0 Å². The number of aromatic nitrogens is 2. The minimum atomic E-state index is -0.514. The number of nitro groups is 1. The zero-order valence-electron chi connectivity index (χ0n) is 15.7. The molecule has 7 nitrogen and oxygen atoms in total. The summed E-state index contributed by atoms with van der Waals surface area (Å²) in [6.45, 7) is 5.81. The largest absolute Gasteiger partial charge is 0.319 e. The molecule has 8 heteroatoms. The SMILES string of the molecule is Cc1cc(C)cc(-n2ccnc2SC(C)C(=O)Nc2ccccc2[N+](=O)[O-])c1. The van der Waals surface area contributed by atoms with Crippen LogP contribution in [-0.2, 0) is 4.79 Å². The Balaban J connectivity index is 1.77. The Morgan fingerprint density at radius 3 is 2.57 bits per heavy atom. The summed E-state index contributed by atoms with van der Waals surface area (Å²) in [4.78, 5) is 27.6. The zero-order chi connectivity index (χ0) is 20.3. The lowest BCUT2D eigenvalue weighted by molar-refractivity contribution is -0.383. The summed E-state index contributed by atoms with van der Waals surface area (Å²) in [5.41, 5.74) is 3.31. The van der Waals surface area contributed by atoms with Gasteiger partial charge in [0.25, 0.3) is 5.69 Å². The van der Waals surface area contributed by atoms with Crippen LogP contribution in [0.2, 0.25) is 0 Å². The van der Waals surface area contributed by atoms with E-state index in [4.69, 9.17) is 0 Å². The van der Waals surface area contributed by atoms with Crippen LogP contribution in [0.1, 0.15) is 18.1 Å². The second-order valence-electron chi connectivity index (χ2n) is 6.45. The molecule has 2 aromatic carbocycles. The van der Waals surface area contributed by atoms with Crippen LogP contribution in [0.5, 0.6) is 0 Å². The van der Waals surface area contributed by atoms with Crippen molar-refractivity contribution in [1.82, 2.24) is 9.55 Å². The number of carbonyl (C=O) groups is 1. The van der Waals surface area contributed by atoms with Gasteiger partial charge >= 0.3 is 0 Å². The minimum absolute atomic E-state index is 0.134. The molecule has 144 valence electrons. The maximum absolute atomic E-state index is 12.6. The lowest BCUT2D eigenvalue weighted by atomic mass is 10.1. The van der Waals surface area contributed by atoms with Crippen LogP contribution in [0.25, 0.3) is 5.69 Å². The van der Waals surface area contributed by atoms with Crippen molar-refractivity contribution >= 4 is 29.0 Å². The number of hydrogen-bond acceptors (Lipinski definition) is 5. The lowest BCUT2D eigenvalue weighted by Crippen LogP contribution is -2.23. The molecule has 0 aliphatic heterocycles. The molecule has 0 aliphatic rings. The van der Waals surface area contributed by atoms with Gasteiger partial charge in [-0.2, -0.15) is 0 Å². The van der Waals surface area contributed by atoms with E-state index in [2.05, 4.69) is 28.5 Å². The van der Waals surface area contributed by atoms with Gasteiger partial charge in [-0.25, -0.2) is 4.98 Å². The number of aryl methyl sites for hydroxylation is 2. The Labute approximate surface area is 166 Å². The molecule has 3 aromatic rings. The highest BCUT2D eigenvalue weighted by atomic mass is 32.2. The first-order valence-corrected chi connectivity index (χ1v) is 9.56. The first-order valence-electron chi connectivity index (χ1n) is 8.68. The number of carbonyl (C=O) groups excluding carboxylic acids is 1. The van der Waals surface area contributed by atoms with Gasteiger partial charge in [-0.15, -0.1) is 0 Å². The van der Waals surface area contributed by atoms with E-state index in [0.717, 1.165) is 16.8 Å². The maximum Gasteiger partial charge on any atom is 0.292 e. The van der Waals surface area contributed by atoms with Crippen LogP contribution in [0.3, 0.4) is 0 Å². The Morgan fingerprint density at radius 2 is 1.89 bits per heavy atom. The number of imidazole rings is 1.